The lowest BCUT2D eigenvalue weighted by Gasteiger charge is -2.23. The second-order valence-electron chi connectivity index (χ2n) is 8.20. The SMILES string of the molecule is C=CCOC(=O)c1sc(N2C(=O)C(=O)C(=C(O)c3ccc(OC)cc3C)[C@H]2c2ccc(Cl)cc2)nc1C. The molecular formula is C27H23ClN2O6S. The summed E-state index contributed by atoms with van der Waals surface area (Å²) in [5.74, 6) is -2.13. The van der Waals surface area contributed by atoms with Crippen molar-refractivity contribution in [3.8, 4) is 5.75 Å². The van der Waals surface area contributed by atoms with E-state index in [1.165, 1.54) is 18.1 Å². The zero-order valence-electron chi connectivity index (χ0n) is 20.3. The number of aromatic nitrogens is 1. The molecule has 1 atom stereocenters. The highest BCUT2D eigenvalue weighted by Gasteiger charge is 2.48. The third-order valence-electron chi connectivity index (χ3n) is 5.83. The average Bonchev–Trinajstić information content (AvgIpc) is 3.39. The number of Topliss-reactive ketones (excluding diaryl/α,β-unsaturated/α-hetero) is 1. The van der Waals surface area contributed by atoms with Crippen molar-refractivity contribution in [3.63, 3.8) is 0 Å². The fraction of sp³-hybridized carbons (Fsp3) is 0.185. The molecule has 1 amide bonds. The van der Waals surface area contributed by atoms with Gasteiger partial charge in [0.2, 0.25) is 0 Å². The maximum atomic E-state index is 13.4. The van der Waals surface area contributed by atoms with Crippen molar-refractivity contribution in [2.45, 2.75) is 19.9 Å². The molecule has 37 heavy (non-hydrogen) atoms. The Bertz CT molecular complexity index is 1440. The van der Waals surface area contributed by atoms with Crippen LogP contribution in [0.1, 0.15) is 38.1 Å². The minimum Gasteiger partial charge on any atom is -0.507 e. The Morgan fingerprint density at radius 1 is 1.22 bits per heavy atom. The van der Waals surface area contributed by atoms with Gasteiger partial charge in [0.05, 0.1) is 24.4 Å². The fourth-order valence-electron chi connectivity index (χ4n) is 4.04. The number of benzene rings is 2. The monoisotopic (exact) mass is 538 g/mol. The third kappa shape index (κ3) is 4.87. The van der Waals surface area contributed by atoms with Crippen LogP contribution in [0.15, 0.2) is 60.7 Å². The van der Waals surface area contributed by atoms with E-state index >= 15 is 0 Å². The zero-order chi connectivity index (χ0) is 26.9. The van der Waals surface area contributed by atoms with Gasteiger partial charge in [-0.2, -0.15) is 0 Å². The average molecular weight is 539 g/mol. The summed E-state index contributed by atoms with van der Waals surface area (Å²) in [5.41, 5.74) is 1.79. The first-order chi connectivity index (χ1) is 17.7. The van der Waals surface area contributed by atoms with Gasteiger partial charge >= 0.3 is 11.9 Å². The van der Waals surface area contributed by atoms with Gasteiger partial charge in [0.1, 0.15) is 23.0 Å². The standard InChI is InChI=1S/C27H23ClN2O6S/c1-5-12-36-26(34)24-15(3)29-27(37-24)30-21(16-6-8-17(28)9-7-16)20(23(32)25(30)33)22(31)19-11-10-18(35-4)13-14(19)2/h5-11,13,21,31H,1,12H2,2-4H3/t21-/m1/s1. The molecule has 0 bridgehead atoms. The lowest BCUT2D eigenvalue weighted by molar-refractivity contribution is -0.132. The highest BCUT2D eigenvalue weighted by atomic mass is 35.5. The number of halogens is 1. The van der Waals surface area contributed by atoms with Crippen LogP contribution in [0.3, 0.4) is 0 Å². The summed E-state index contributed by atoms with van der Waals surface area (Å²) in [6.07, 6.45) is 1.44. The molecule has 3 aromatic rings. The van der Waals surface area contributed by atoms with Crippen molar-refractivity contribution in [2.75, 3.05) is 18.6 Å². The second-order valence-corrected chi connectivity index (χ2v) is 9.61. The number of hydrogen-bond donors (Lipinski definition) is 1. The number of hydrogen-bond acceptors (Lipinski definition) is 8. The van der Waals surface area contributed by atoms with E-state index in [2.05, 4.69) is 11.6 Å². The number of carbonyl (C=O) groups excluding carboxylic acids is 3. The molecule has 1 aromatic heterocycles. The molecule has 0 radical (unpaired) electrons. The molecule has 1 N–H and O–H groups in total. The third-order valence-corrected chi connectivity index (χ3v) is 7.22. The molecule has 190 valence electrons. The predicted octanol–water partition coefficient (Wildman–Crippen LogP) is 5.39. The van der Waals surface area contributed by atoms with Crippen LogP contribution in [0.25, 0.3) is 5.76 Å². The van der Waals surface area contributed by atoms with E-state index in [0.717, 1.165) is 11.3 Å². The summed E-state index contributed by atoms with van der Waals surface area (Å²) in [5, 5.41) is 11.9. The van der Waals surface area contributed by atoms with Gasteiger partial charge in [-0.15, -0.1) is 0 Å². The first kappa shape index (κ1) is 26.1. The number of aliphatic hydroxyl groups excluding tert-OH is 1. The van der Waals surface area contributed by atoms with Gasteiger partial charge in [0.25, 0.3) is 5.78 Å². The summed E-state index contributed by atoms with van der Waals surface area (Å²) >= 11 is 7.01. The molecule has 2 aromatic carbocycles. The number of anilines is 1. The first-order valence-electron chi connectivity index (χ1n) is 11.1. The molecule has 1 fully saturated rings. The van der Waals surface area contributed by atoms with Crippen LogP contribution >= 0.6 is 22.9 Å². The summed E-state index contributed by atoms with van der Waals surface area (Å²) in [6.45, 7) is 6.91. The minimum atomic E-state index is -1.01. The number of ketones is 1. The number of rotatable bonds is 7. The molecule has 1 aliphatic heterocycles. The molecule has 0 unspecified atom stereocenters. The molecule has 4 rings (SSSR count). The van der Waals surface area contributed by atoms with Gasteiger partial charge in [0, 0.05) is 10.6 Å². The number of ether oxygens (including phenoxy) is 2. The highest BCUT2D eigenvalue weighted by molar-refractivity contribution is 7.17. The van der Waals surface area contributed by atoms with Gasteiger partial charge in [-0.1, -0.05) is 47.7 Å². The van der Waals surface area contributed by atoms with E-state index < -0.39 is 23.7 Å². The van der Waals surface area contributed by atoms with E-state index in [-0.39, 0.29) is 27.9 Å². The Hall–Kier alpha value is -3.95. The maximum Gasteiger partial charge on any atom is 0.350 e. The number of carbonyl (C=O) groups is 3. The summed E-state index contributed by atoms with van der Waals surface area (Å²) in [7, 11) is 1.53. The Morgan fingerprint density at radius 2 is 1.92 bits per heavy atom. The van der Waals surface area contributed by atoms with Crippen molar-refractivity contribution >= 4 is 51.5 Å². The Kier molecular flexibility index (Phi) is 7.47. The van der Waals surface area contributed by atoms with Gasteiger partial charge in [-0.25, -0.2) is 9.78 Å². The van der Waals surface area contributed by atoms with Crippen molar-refractivity contribution in [1.82, 2.24) is 4.98 Å². The molecule has 0 aliphatic carbocycles. The fourth-order valence-corrected chi connectivity index (χ4v) is 5.15. The molecule has 10 heteroatoms. The van der Waals surface area contributed by atoms with E-state index in [1.807, 2.05) is 0 Å². The summed E-state index contributed by atoms with van der Waals surface area (Å²) in [6, 6.07) is 10.6. The van der Waals surface area contributed by atoms with Crippen LogP contribution < -0.4 is 9.64 Å². The largest absolute Gasteiger partial charge is 0.507 e. The number of aliphatic hydroxyl groups is 1. The molecule has 0 spiro atoms. The number of esters is 1. The minimum absolute atomic E-state index is 0.0159. The first-order valence-corrected chi connectivity index (χ1v) is 12.3. The van der Waals surface area contributed by atoms with E-state index in [0.29, 0.717) is 33.2 Å². The van der Waals surface area contributed by atoms with Gasteiger partial charge in [-0.3, -0.25) is 14.5 Å². The summed E-state index contributed by atoms with van der Waals surface area (Å²) < 4.78 is 10.4. The zero-order valence-corrected chi connectivity index (χ0v) is 21.9. The van der Waals surface area contributed by atoms with Gasteiger partial charge < -0.3 is 14.6 Å². The Morgan fingerprint density at radius 3 is 2.54 bits per heavy atom. The quantitative estimate of drug-likeness (QED) is 0.141. The smallest absolute Gasteiger partial charge is 0.350 e. The van der Waals surface area contributed by atoms with Crippen LogP contribution in [0.2, 0.25) is 5.02 Å². The van der Waals surface area contributed by atoms with Crippen molar-refractivity contribution < 1.29 is 29.0 Å². The lowest BCUT2D eigenvalue weighted by Crippen LogP contribution is -2.29. The van der Waals surface area contributed by atoms with Gasteiger partial charge in [0.15, 0.2) is 5.13 Å². The number of amides is 1. The van der Waals surface area contributed by atoms with Crippen LogP contribution in [-0.4, -0.2) is 41.5 Å². The van der Waals surface area contributed by atoms with E-state index in [4.69, 9.17) is 21.1 Å². The molecule has 8 nitrogen and oxygen atoms in total. The van der Waals surface area contributed by atoms with Crippen LogP contribution in [-0.2, 0) is 14.3 Å². The van der Waals surface area contributed by atoms with E-state index in [9.17, 15) is 19.5 Å². The van der Waals surface area contributed by atoms with Crippen LogP contribution in [0, 0.1) is 13.8 Å². The summed E-state index contributed by atoms with van der Waals surface area (Å²) in [4.78, 5) is 45.0. The van der Waals surface area contributed by atoms with Gasteiger partial charge in [-0.05, 0) is 55.3 Å². The Balaban J connectivity index is 1.89. The van der Waals surface area contributed by atoms with Crippen molar-refractivity contribution in [1.29, 1.82) is 0 Å². The topological polar surface area (TPSA) is 106 Å². The number of thiazole rings is 1. The van der Waals surface area contributed by atoms with E-state index in [1.54, 1.807) is 56.3 Å². The second kappa shape index (κ2) is 10.6. The normalized spacial score (nSPS) is 16.6. The molecule has 0 saturated carbocycles. The number of methoxy groups -OCH3 is 1. The van der Waals surface area contributed by atoms with Crippen molar-refractivity contribution in [3.05, 3.63) is 93.0 Å². The lowest BCUT2D eigenvalue weighted by atomic mass is 9.94. The molecular weight excluding hydrogens is 516 g/mol. The molecule has 1 saturated heterocycles. The van der Waals surface area contributed by atoms with Crippen molar-refractivity contribution in [2.24, 2.45) is 0 Å². The number of nitrogens with zero attached hydrogens (tertiary/aromatic N) is 2. The van der Waals surface area contributed by atoms with Crippen LogP contribution in [0.4, 0.5) is 5.13 Å². The molecule has 2 heterocycles. The maximum absolute atomic E-state index is 13.4. The molecule has 1 aliphatic rings. The predicted molar refractivity (Wildman–Crippen MR) is 141 cm³/mol. The number of aryl methyl sites for hydroxylation is 2. The van der Waals surface area contributed by atoms with Crippen LogP contribution in [0.5, 0.6) is 5.75 Å². The highest BCUT2D eigenvalue weighted by Crippen LogP contribution is 2.44. The Labute approximate surface area is 222 Å².